The fraction of sp³-hybridized carbons (Fsp3) is 1.00. The van der Waals surface area contributed by atoms with Crippen LogP contribution in [0.15, 0.2) is 0 Å². The van der Waals surface area contributed by atoms with E-state index in [1.807, 2.05) is 13.8 Å². The molecule has 1 aliphatic rings. The Kier molecular flexibility index (Phi) is 1.53. The molecule has 0 aliphatic heterocycles. The summed E-state index contributed by atoms with van der Waals surface area (Å²) in [5.41, 5.74) is -0.666. The summed E-state index contributed by atoms with van der Waals surface area (Å²) in [4.78, 5) is 0. The van der Waals surface area contributed by atoms with Crippen LogP contribution in [0.3, 0.4) is 0 Å². The Labute approximate surface area is 60.6 Å². The largest absolute Gasteiger partial charge is 0.254 e. The smallest absolute Gasteiger partial charge is 0.206 e. The molecule has 0 heterocycles. The van der Waals surface area contributed by atoms with E-state index < -0.39 is 11.3 Å². The lowest BCUT2D eigenvalue weighted by molar-refractivity contribution is 0.0623. The number of alkyl halides is 2. The molecule has 0 aromatic rings. The van der Waals surface area contributed by atoms with Crippen molar-refractivity contribution in [3.63, 3.8) is 0 Å². The predicted octanol–water partition coefficient (Wildman–Crippen LogP) is 3.08. The van der Waals surface area contributed by atoms with Gasteiger partial charge in [0.25, 0.3) is 5.92 Å². The molecule has 0 N–H and O–H groups in total. The second-order valence-electron chi connectivity index (χ2n) is 4.04. The minimum atomic E-state index is -2.36. The highest BCUT2D eigenvalue weighted by Crippen LogP contribution is 2.63. The molecular weight excluding hydrogens is 134 g/mol. The average molecular weight is 148 g/mol. The molecule has 0 radical (unpaired) electrons. The monoisotopic (exact) mass is 148 g/mol. The van der Waals surface area contributed by atoms with E-state index in [-0.39, 0.29) is 6.42 Å². The maximum Gasteiger partial charge on any atom is 0.254 e. The first-order valence-electron chi connectivity index (χ1n) is 3.75. The fourth-order valence-corrected chi connectivity index (χ4v) is 1.57. The number of rotatable bonds is 2. The molecule has 0 bridgehead atoms. The van der Waals surface area contributed by atoms with Crippen LogP contribution < -0.4 is 0 Å². The molecule has 0 aromatic heterocycles. The highest BCUT2D eigenvalue weighted by Gasteiger charge is 2.67. The molecule has 10 heavy (non-hydrogen) atoms. The maximum atomic E-state index is 12.5. The maximum absolute atomic E-state index is 12.5. The molecule has 1 atom stereocenters. The van der Waals surface area contributed by atoms with Gasteiger partial charge in [-0.2, -0.15) is 0 Å². The van der Waals surface area contributed by atoms with Gasteiger partial charge in [0, 0.05) is 11.8 Å². The van der Waals surface area contributed by atoms with Gasteiger partial charge in [0.1, 0.15) is 0 Å². The first-order valence-corrected chi connectivity index (χ1v) is 3.75. The van der Waals surface area contributed by atoms with Crippen LogP contribution in [0.25, 0.3) is 0 Å². The lowest BCUT2D eigenvalue weighted by Gasteiger charge is -2.11. The zero-order chi connectivity index (χ0) is 7.99. The molecular formula is C8H14F2. The van der Waals surface area contributed by atoms with Gasteiger partial charge in [0.05, 0.1) is 0 Å². The first kappa shape index (κ1) is 7.96. The molecule has 1 aliphatic carbocycles. The summed E-state index contributed by atoms with van der Waals surface area (Å²) in [6, 6.07) is 0. The summed E-state index contributed by atoms with van der Waals surface area (Å²) in [6.45, 7) is 5.65. The third-order valence-electron chi connectivity index (χ3n) is 2.23. The fourth-order valence-electron chi connectivity index (χ4n) is 1.57. The van der Waals surface area contributed by atoms with Gasteiger partial charge in [-0.25, -0.2) is 8.78 Å². The van der Waals surface area contributed by atoms with E-state index in [2.05, 4.69) is 0 Å². The lowest BCUT2D eigenvalue weighted by Crippen LogP contribution is -2.09. The number of hydrogen-bond donors (Lipinski definition) is 0. The number of hydrogen-bond acceptors (Lipinski definition) is 0. The minimum absolute atomic E-state index is 0.0954. The Morgan fingerprint density at radius 1 is 1.40 bits per heavy atom. The number of halogens is 2. The van der Waals surface area contributed by atoms with Crippen molar-refractivity contribution >= 4 is 0 Å². The van der Waals surface area contributed by atoms with Gasteiger partial charge in [0.15, 0.2) is 0 Å². The SMILES string of the molecule is CC(C)CC1(C)CC1(F)F. The third-order valence-corrected chi connectivity index (χ3v) is 2.23. The Bertz CT molecular complexity index is 140. The van der Waals surface area contributed by atoms with Gasteiger partial charge in [-0.15, -0.1) is 0 Å². The van der Waals surface area contributed by atoms with Crippen molar-refractivity contribution in [2.45, 2.75) is 39.5 Å². The molecule has 0 saturated heterocycles. The quantitative estimate of drug-likeness (QED) is 0.564. The van der Waals surface area contributed by atoms with Crippen molar-refractivity contribution in [2.75, 3.05) is 0 Å². The highest BCUT2D eigenvalue weighted by molar-refractivity contribution is 5.06. The van der Waals surface area contributed by atoms with Gasteiger partial charge >= 0.3 is 0 Å². The van der Waals surface area contributed by atoms with E-state index in [1.165, 1.54) is 0 Å². The summed E-state index contributed by atoms with van der Waals surface area (Å²) in [6.07, 6.45) is 0.748. The van der Waals surface area contributed by atoms with Crippen molar-refractivity contribution in [2.24, 2.45) is 11.3 Å². The van der Waals surface area contributed by atoms with Crippen molar-refractivity contribution in [3.8, 4) is 0 Å². The molecule has 1 rings (SSSR count). The van der Waals surface area contributed by atoms with Gasteiger partial charge in [-0.1, -0.05) is 20.8 Å². The second kappa shape index (κ2) is 1.93. The summed E-state index contributed by atoms with van der Waals surface area (Å²) in [5.74, 6) is -1.98. The Morgan fingerprint density at radius 3 is 1.90 bits per heavy atom. The Morgan fingerprint density at radius 2 is 1.80 bits per heavy atom. The van der Waals surface area contributed by atoms with E-state index in [0.717, 1.165) is 0 Å². The predicted molar refractivity (Wildman–Crippen MR) is 37.1 cm³/mol. The molecule has 1 saturated carbocycles. The molecule has 60 valence electrons. The minimum Gasteiger partial charge on any atom is -0.206 e. The molecule has 0 amide bonds. The molecule has 1 fully saturated rings. The molecule has 0 spiro atoms. The van der Waals surface area contributed by atoms with Crippen LogP contribution in [0.2, 0.25) is 0 Å². The van der Waals surface area contributed by atoms with Crippen LogP contribution in [0, 0.1) is 11.3 Å². The average Bonchev–Trinajstić information content (AvgIpc) is 2.01. The van der Waals surface area contributed by atoms with E-state index in [1.54, 1.807) is 6.92 Å². The van der Waals surface area contributed by atoms with E-state index in [9.17, 15) is 8.78 Å². The van der Waals surface area contributed by atoms with Gasteiger partial charge in [-0.3, -0.25) is 0 Å². The van der Waals surface area contributed by atoms with E-state index in [0.29, 0.717) is 12.3 Å². The van der Waals surface area contributed by atoms with Gasteiger partial charge < -0.3 is 0 Å². The van der Waals surface area contributed by atoms with Crippen LogP contribution in [0.5, 0.6) is 0 Å². The lowest BCUT2D eigenvalue weighted by atomic mass is 9.96. The van der Waals surface area contributed by atoms with Crippen LogP contribution in [-0.4, -0.2) is 5.92 Å². The summed E-state index contributed by atoms with van der Waals surface area (Å²) in [7, 11) is 0. The Balaban J connectivity index is 2.44. The second-order valence-corrected chi connectivity index (χ2v) is 4.04. The summed E-state index contributed by atoms with van der Waals surface area (Å²) >= 11 is 0. The highest BCUT2D eigenvalue weighted by atomic mass is 19.3. The van der Waals surface area contributed by atoms with E-state index in [4.69, 9.17) is 0 Å². The van der Waals surface area contributed by atoms with Gasteiger partial charge in [-0.05, 0) is 12.3 Å². The van der Waals surface area contributed by atoms with Crippen LogP contribution in [0.1, 0.15) is 33.6 Å². The first-order chi connectivity index (χ1) is 4.37. The molecule has 0 nitrogen and oxygen atoms in total. The molecule has 0 aromatic carbocycles. The Hall–Kier alpha value is -0.140. The van der Waals surface area contributed by atoms with Crippen LogP contribution in [0.4, 0.5) is 8.78 Å². The van der Waals surface area contributed by atoms with Crippen LogP contribution in [-0.2, 0) is 0 Å². The zero-order valence-electron chi connectivity index (χ0n) is 6.75. The zero-order valence-corrected chi connectivity index (χ0v) is 6.75. The molecule has 2 heteroatoms. The van der Waals surface area contributed by atoms with Crippen molar-refractivity contribution in [1.29, 1.82) is 0 Å². The third kappa shape index (κ3) is 1.16. The summed E-state index contributed by atoms with van der Waals surface area (Å²) in [5, 5.41) is 0. The summed E-state index contributed by atoms with van der Waals surface area (Å²) < 4.78 is 25.1. The molecule has 1 unspecified atom stereocenters. The normalized spacial score (nSPS) is 36.6. The van der Waals surface area contributed by atoms with Crippen molar-refractivity contribution in [3.05, 3.63) is 0 Å². The van der Waals surface area contributed by atoms with Crippen molar-refractivity contribution in [1.82, 2.24) is 0 Å². The standard InChI is InChI=1S/C8H14F2/c1-6(2)4-7(3)5-8(7,9)10/h6H,4-5H2,1-3H3. The van der Waals surface area contributed by atoms with Crippen LogP contribution >= 0.6 is 0 Å². The van der Waals surface area contributed by atoms with Crippen molar-refractivity contribution < 1.29 is 8.78 Å². The van der Waals surface area contributed by atoms with E-state index >= 15 is 0 Å². The topological polar surface area (TPSA) is 0 Å². The van der Waals surface area contributed by atoms with Gasteiger partial charge in [0.2, 0.25) is 0 Å².